The minimum Gasteiger partial charge on any atom is -0.445 e. The average molecular weight is 328 g/mol. The van der Waals surface area contributed by atoms with Gasteiger partial charge in [-0.25, -0.2) is 4.98 Å². The predicted octanol–water partition coefficient (Wildman–Crippen LogP) is 1.79. The van der Waals surface area contributed by atoms with Gasteiger partial charge in [-0.3, -0.25) is 14.6 Å². The van der Waals surface area contributed by atoms with E-state index in [1.807, 2.05) is 19.1 Å². The molecule has 2 aromatic rings. The first kappa shape index (κ1) is 16.7. The molecule has 128 valence electrons. The monoisotopic (exact) mass is 328 g/mol. The summed E-state index contributed by atoms with van der Waals surface area (Å²) in [5.41, 5.74) is 7.03. The van der Waals surface area contributed by atoms with Gasteiger partial charge in [0.2, 0.25) is 11.8 Å². The largest absolute Gasteiger partial charge is 0.445 e. The van der Waals surface area contributed by atoms with Crippen LogP contribution >= 0.6 is 0 Å². The summed E-state index contributed by atoms with van der Waals surface area (Å²) in [6.45, 7) is 5.63. The molecule has 1 atom stereocenters. The lowest BCUT2D eigenvalue weighted by Crippen LogP contribution is -2.34. The second-order valence-corrected chi connectivity index (χ2v) is 6.52. The van der Waals surface area contributed by atoms with Gasteiger partial charge in [-0.1, -0.05) is 12.1 Å². The van der Waals surface area contributed by atoms with E-state index < -0.39 is 0 Å². The third-order valence-electron chi connectivity index (χ3n) is 4.57. The Morgan fingerprint density at radius 1 is 1.42 bits per heavy atom. The topological polar surface area (TPSA) is 75.6 Å². The molecule has 1 aromatic carbocycles. The van der Waals surface area contributed by atoms with Crippen LogP contribution < -0.4 is 5.73 Å². The minimum absolute atomic E-state index is 0.383. The van der Waals surface area contributed by atoms with Gasteiger partial charge in [-0.15, -0.1) is 0 Å². The lowest BCUT2D eigenvalue weighted by atomic mass is 10.1. The summed E-state index contributed by atoms with van der Waals surface area (Å²) in [6.07, 6.45) is 2.90. The van der Waals surface area contributed by atoms with Crippen molar-refractivity contribution in [3.8, 4) is 0 Å². The van der Waals surface area contributed by atoms with Gasteiger partial charge in [0.25, 0.3) is 0 Å². The molecule has 6 nitrogen and oxygen atoms in total. The number of rotatable bonds is 6. The van der Waals surface area contributed by atoms with Crippen molar-refractivity contribution >= 4 is 5.91 Å². The molecule has 1 aliphatic heterocycles. The van der Waals surface area contributed by atoms with Crippen molar-refractivity contribution in [1.29, 1.82) is 0 Å². The molecule has 3 rings (SSSR count). The van der Waals surface area contributed by atoms with Gasteiger partial charge in [0.1, 0.15) is 5.76 Å². The van der Waals surface area contributed by atoms with Crippen LogP contribution in [-0.4, -0.2) is 46.9 Å². The second kappa shape index (κ2) is 7.15. The predicted molar refractivity (Wildman–Crippen MR) is 91.3 cm³/mol. The molecule has 2 N–H and O–H groups in total. The number of hydrogen-bond donors (Lipinski definition) is 1. The maximum absolute atomic E-state index is 11.1. The van der Waals surface area contributed by atoms with E-state index in [2.05, 4.69) is 21.8 Å². The van der Waals surface area contributed by atoms with Crippen LogP contribution in [0, 0.1) is 6.92 Å². The van der Waals surface area contributed by atoms with Crippen molar-refractivity contribution in [2.75, 3.05) is 20.1 Å². The van der Waals surface area contributed by atoms with E-state index in [-0.39, 0.29) is 5.91 Å². The smallest absolute Gasteiger partial charge is 0.248 e. The highest BCUT2D eigenvalue weighted by Gasteiger charge is 2.26. The zero-order chi connectivity index (χ0) is 17.1. The first-order valence-corrected chi connectivity index (χ1v) is 8.24. The summed E-state index contributed by atoms with van der Waals surface area (Å²) in [5, 5.41) is 0. The SMILES string of the molecule is Cc1cnc(CN(C)[C@H]2CCN(Cc3ccc(C(N)=O)cc3)C2)o1. The molecule has 1 aliphatic rings. The van der Waals surface area contributed by atoms with Crippen molar-refractivity contribution in [3.05, 3.63) is 53.2 Å². The molecule has 0 radical (unpaired) electrons. The summed E-state index contributed by atoms with van der Waals surface area (Å²) < 4.78 is 5.56. The number of carbonyl (C=O) groups excluding carboxylic acids is 1. The van der Waals surface area contributed by atoms with E-state index in [0.29, 0.717) is 11.6 Å². The van der Waals surface area contributed by atoms with Gasteiger partial charge in [0.05, 0.1) is 12.7 Å². The number of primary amides is 1. The quantitative estimate of drug-likeness (QED) is 0.875. The fourth-order valence-electron chi connectivity index (χ4n) is 3.17. The lowest BCUT2D eigenvalue weighted by molar-refractivity contribution is 0.100. The van der Waals surface area contributed by atoms with Gasteiger partial charge >= 0.3 is 0 Å². The van der Waals surface area contributed by atoms with Gasteiger partial charge < -0.3 is 10.2 Å². The van der Waals surface area contributed by atoms with Crippen molar-refractivity contribution in [2.45, 2.75) is 32.5 Å². The third kappa shape index (κ3) is 4.01. The molecule has 0 aliphatic carbocycles. The fourth-order valence-corrected chi connectivity index (χ4v) is 3.17. The summed E-state index contributed by atoms with van der Waals surface area (Å²) in [4.78, 5) is 20.1. The highest BCUT2D eigenvalue weighted by atomic mass is 16.4. The number of nitrogens with two attached hydrogens (primary N) is 1. The van der Waals surface area contributed by atoms with Crippen LogP contribution in [0.15, 0.2) is 34.9 Å². The van der Waals surface area contributed by atoms with Crippen LogP contribution in [0.2, 0.25) is 0 Å². The molecule has 6 heteroatoms. The Kier molecular flexibility index (Phi) is 4.97. The highest BCUT2D eigenvalue weighted by Crippen LogP contribution is 2.19. The summed E-state index contributed by atoms with van der Waals surface area (Å²) >= 11 is 0. The number of oxazole rings is 1. The Balaban J connectivity index is 1.52. The first-order valence-electron chi connectivity index (χ1n) is 8.24. The summed E-state index contributed by atoms with van der Waals surface area (Å²) in [5.74, 6) is 1.24. The number of hydrogen-bond acceptors (Lipinski definition) is 5. The number of benzene rings is 1. The third-order valence-corrected chi connectivity index (χ3v) is 4.57. The number of aromatic nitrogens is 1. The molecule has 24 heavy (non-hydrogen) atoms. The first-order chi connectivity index (χ1) is 11.5. The molecule has 0 saturated carbocycles. The summed E-state index contributed by atoms with van der Waals surface area (Å²) in [6, 6.07) is 8.05. The van der Waals surface area contributed by atoms with E-state index in [1.54, 1.807) is 18.3 Å². The maximum Gasteiger partial charge on any atom is 0.248 e. The number of carbonyl (C=O) groups is 1. The summed E-state index contributed by atoms with van der Waals surface area (Å²) in [7, 11) is 2.12. The Labute approximate surface area is 142 Å². The van der Waals surface area contributed by atoms with Gasteiger partial charge in [-0.05, 0) is 38.1 Å². The van der Waals surface area contributed by atoms with Crippen molar-refractivity contribution < 1.29 is 9.21 Å². The highest BCUT2D eigenvalue weighted by molar-refractivity contribution is 5.92. The molecule has 0 unspecified atom stereocenters. The van der Waals surface area contributed by atoms with Crippen molar-refractivity contribution in [3.63, 3.8) is 0 Å². The van der Waals surface area contributed by atoms with E-state index in [1.165, 1.54) is 5.56 Å². The Hall–Kier alpha value is -2.18. The number of amides is 1. The molecule has 1 amide bonds. The number of nitrogens with zero attached hydrogens (tertiary/aromatic N) is 3. The molecule has 0 bridgehead atoms. The Morgan fingerprint density at radius 3 is 2.79 bits per heavy atom. The number of likely N-dealkylation sites (N-methyl/N-ethyl adjacent to an activating group) is 1. The molecule has 1 saturated heterocycles. The van der Waals surface area contributed by atoms with Crippen LogP contribution in [0.25, 0.3) is 0 Å². The second-order valence-electron chi connectivity index (χ2n) is 6.52. The van der Waals surface area contributed by atoms with E-state index >= 15 is 0 Å². The normalized spacial score (nSPS) is 18.4. The zero-order valence-electron chi connectivity index (χ0n) is 14.2. The van der Waals surface area contributed by atoms with Crippen LogP contribution in [0.4, 0.5) is 0 Å². The van der Waals surface area contributed by atoms with E-state index in [9.17, 15) is 4.79 Å². The fraction of sp³-hybridized carbons (Fsp3) is 0.444. The van der Waals surface area contributed by atoms with Gasteiger partial charge in [0.15, 0.2) is 0 Å². The molecule has 0 spiro atoms. The molecular formula is C18H24N4O2. The molecular weight excluding hydrogens is 304 g/mol. The van der Waals surface area contributed by atoms with Crippen molar-refractivity contribution in [1.82, 2.24) is 14.8 Å². The van der Waals surface area contributed by atoms with E-state index in [0.717, 1.165) is 44.3 Å². The number of likely N-dealkylation sites (tertiary alicyclic amines) is 1. The van der Waals surface area contributed by atoms with E-state index in [4.69, 9.17) is 10.2 Å². The lowest BCUT2D eigenvalue weighted by Gasteiger charge is -2.23. The minimum atomic E-state index is -0.383. The van der Waals surface area contributed by atoms with Crippen LogP contribution in [0.1, 0.15) is 34.0 Å². The zero-order valence-corrected chi connectivity index (χ0v) is 14.2. The molecule has 2 heterocycles. The van der Waals surface area contributed by atoms with Gasteiger partial charge in [0, 0.05) is 31.2 Å². The van der Waals surface area contributed by atoms with Crippen molar-refractivity contribution in [2.24, 2.45) is 5.73 Å². The average Bonchev–Trinajstić information content (AvgIpc) is 3.17. The Bertz CT molecular complexity index is 695. The standard InChI is InChI=1S/C18H24N4O2/c1-13-9-20-17(24-13)12-21(2)16-7-8-22(11-16)10-14-3-5-15(6-4-14)18(19)23/h3-6,9,16H,7-8,10-12H2,1-2H3,(H2,19,23)/t16-/m0/s1. The number of aryl methyl sites for hydroxylation is 1. The Morgan fingerprint density at radius 2 is 2.17 bits per heavy atom. The van der Waals surface area contributed by atoms with Crippen LogP contribution in [0.3, 0.4) is 0 Å². The van der Waals surface area contributed by atoms with Gasteiger partial charge in [-0.2, -0.15) is 0 Å². The van der Waals surface area contributed by atoms with Crippen LogP contribution in [0.5, 0.6) is 0 Å². The van der Waals surface area contributed by atoms with Crippen LogP contribution in [-0.2, 0) is 13.1 Å². The molecule has 1 fully saturated rings. The molecule has 1 aromatic heterocycles. The maximum atomic E-state index is 11.1.